The Kier molecular flexibility index (Phi) is 4.27. The zero-order valence-corrected chi connectivity index (χ0v) is 12.1. The Morgan fingerprint density at radius 3 is 3.00 bits per heavy atom. The van der Waals surface area contributed by atoms with Gasteiger partial charge in [0.2, 0.25) is 0 Å². The van der Waals surface area contributed by atoms with Crippen LogP contribution in [0.25, 0.3) is 0 Å². The number of hydrogen-bond acceptors (Lipinski definition) is 5. The van der Waals surface area contributed by atoms with Crippen LogP contribution in [0.3, 0.4) is 0 Å². The zero-order chi connectivity index (χ0) is 13.8. The maximum absolute atomic E-state index is 12.0. The molecule has 3 N–H and O–H groups in total. The van der Waals surface area contributed by atoms with Crippen molar-refractivity contribution in [3.8, 4) is 6.07 Å². The molecule has 1 amide bonds. The Balaban J connectivity index is 2.23. The van der Waals surface area contributed by atoms with Crippen molar-refractivity contribution < 1.29 is 4.79 Å². The first-order chi connectivity index (χ1) is 9.13. The average Bonchev–Trinajstić information content (AvgIpc) is 2.88. The second-order valence-corrected chi connectivity index (χ2v) is 5.44. The molecule has 0 fully saturated rings. The highest BCUT2D eigenvalue weighted by atomic mass is 79.9. The number of amides is 1. The monoisotopic (exact) mass is 336 g/mol. The molecule has 96 valence electrons. The third-order valence-corrected chi connectivity index (χ3v) is 3.67. The lowest BCUT2D eigenvalue weighted by molar-refractivity contribution is 0.102. The van der Waals surface area contributed by atoms with Crippen LogP contribution in [0.4, 0.5) is 5.69 Å². The van der Waals surface area contributed by atoms with Gasteiger partial charge in [-0.1, -0.05) is 15.9 Å². The molecule has 0 aliphatic rings. The second-order valence-electron chi connectivity index (χ2n) is 3.59. The quantitative estimate of drug-likeness (QED) is 0.900. The number of anilines is 1. The minimum Gasteiger partial charge on any atom is -0.325 e. The molecular weight excluding hydrogens is 328 g/mol. The van der Waals surface area contributed by atoms with E-state index >= 15 is 0 Å². The van der Waals surface area contributed by atoms with Crippen molar-refractivity contribution in [2.24, 2.45) is 5.73 Å². The first-order valence-electron chi connectivity index (χ1n) is 5.29. The van der Waals surface area contributed by atoms with Crippen molar-refractivity contribution >= 4 is 38.9 Å². The van der Waals surface area contributed by atoms with Crippen molar-refractivity contribution in [2.45, 2.75) is 6.54 Å². The van der Waals surface area contributed by atoms with Gasteiger partial charge < -0.3 is 11.1 Å². The number of nitrogens with two attached hydrogens (primary N) is 1. The fraction of sp³-hybridized carbons (Fsp3) is 0.0833. The number of nitrogens with one attached hydrogen (secondary N) is 1. The van der Waals surface area contributed by atoms with Crippen molar-refractivity contribution in [2.75, 3.05) is 5.32 Å². The third-order valence-electron chi connectivity index (χ3n) is 2.31. The lowest BCUT2D eigenvalue weighted by Crippen LogP contribution is -2.13. The summed E-state index contributed by atoms with van der Waals surface area (Å²) >= 11 is 4.63. The van der Waals surface area contributed by atoms with Gasteiger partial charge in [0.05, 0.1) is 11.3 Å². The van der Waals surface area contributed by atoms with E-state index in [2.05, 4.69) is 26.2 Å². The van der Waals surface area contributed by atoms with Gasteiger partial charge in [-0.15, -0.1) is 11.3 Å². The van der Waals surface area contributed by atoms with Gasteiger partial charge >= 0.3 is 0 Å². The number of benzene rings is 1. The summed E-state index contributed by atoms with van der Waals surface area (Å²) in [6.07, 6.45) is 0. The maximum atomic E-state index is 12.0. The van der Waals surface area contributed by atoms with E-state index in [0.717, 1.165) is 4.47 Å². The molecule has 0 aliphatic carbocycles. The Labute approximate surface area is 122 Å². The van der Waals surface area contributed by atoms with E-state index in [1.54, 1.807) is 23.6 Å². The SMILES string of the molecule is N#Cc1ccc(Br)cc1NC(=O)c1csc(CN)n1. The van der Waals surface area contributed by atoms with Gasteiger partial charge in [0, 0.05) is 16.4 Å². The molecule has 2 aromatic rings. The molecule has 1 heterocycles. The van der Waals surface area contributed by atoms with E-state index in [9.17, 15) is 4.79 Å². The molecule has 2 rings (SSSR count). The van der Waals surface area contributed by atoms with Gasteiger partial charge in [0.15, 0.2) is 0 Å². The number of rotatable bonds is 3. The van der Waals surface area contributed by atoms with Crippen molar-refractivity contribution in [1.29, 1.82) is 5.26 Å². The lowest BCUT2D eigenvalue weighted by atomic mass is 10.2. The van der Waals surface area contributed by atoms with Crippen LogP contribution in [-0.4, -0.2) is 10.9 Å². The molecule has 0 aliphatic heterocycles. The summed E-state index contributed by atoms with van der Waals surface area (Å²) in [5, 5.41) is 14.0. The molecule has 0 spiro atoms. The molecule has 19 heavy (non-hydrogen) atoms. The number of nitriles is 1. The number of halogens is 1. The smallest absolute Gasteiger partial charge is 0.275 e. The summed E-state index contributed by atoms with van der Waals surface area (Å²) in [5.41, 5.74) is 6.59. The molecule has 0 saturated heterocycles. The van der Waals surface area contributed by atoms with Crippen LogP contribution < -0.4 is 11.1 Å². The predicted molar refractivity (Wildman–Crippen MR) is 76.8 cm³/mol. The normalized spacial score (nSPS) is 9.95. The summed E-state index contributed by atoms with van der Waals surface area (Å²) in [6.45, 7) is 0.304. The Morgan fingerprint density at radius 2 is 2.37 bits per heavy atom. The molecule has 0 atom stereocenters. The second kappa shape index (κ2) is 5.93. The summed E-state index contributed by atoms with van der Waals surface area (Å²) in [4.78, 5) is 16.1. The number of hydrogen-bond donors (Lipinski definition) is 2. The van der Waals surface area contributed by atoms with Gasteiger partial charge in [-0.3, -0.25) is 4.79 Å². The highest BCUT2D eigenvalue weighted by Gasteiger charge is 2.12. The molecule has 1 aromatic carbocycles. The minimum absolute atomic E-state index is 0.300. The first kappa shape index (κ1) is 13.7. The summed E-state index contributed by atoms with van der Waals surface area (Å²) in [5.74, 6) is -0.356. The van der Waals surface area contributed by atoms with E-state index in [1.165, 1.54) is 11.3 Å². The van der Waals surface area contributed by atoms with E-state index in [0.29, 0.717) is 28.5 Å². The number of thiazole rings is 1. The van der Waals surface area contributed by atoms with Crippen LogP contribution in [0.1, 0.15) is 21.1 Å². The van der Waals surface area contributed by atoms with Gasteiger partial charge in [0.1, 0.15) is 16.8 Å². The third kappa shape index (κ3) is 3.17. The van der Waals surface area contributed by atoms with Crippen molar-refractivity contribution in [1.82, 2.24) is 4.98 Å². The van der Waals surface area contributed by atoms with Crippen LogP contribution in [0, 0.1) is 11.3 Å². The molecule has 5 nitrogen and oxygen atoms in total. The van der Waals surface area contributed by atoms with E-state index < -0.39 is 0 Å². The van der Waals surface area contributed by atoms with E-state index in [1.807, 2.05) is 6.07 Å². The van der Waals surface area contributed by atoms with Crippen LogP contribution >= 0.6 is 27.3 Å². The number of carbonyl (C=O) groups is 1. The highest BCUT2D eigenvalue weighted by molar-refractivity contribution is 9.10. The molecule has 0 bridgehead atoms. The van der Waals surface area contributed by atoms with E-state index in [4.69, 9.17) is 11.0 Å². The van der Waals surface area contributed by atoms with Crippen LogP contribution in [-0.2, 0) is 6.54 Å². The highest BCUT2D eigenvalue weighted by Crippen LogP contribution is 2.21. The Hall–Kier alpha value is -1.75. The Morgan fingerprint density at radius 1 is 1.58 bits per heavy atom. The molecule has 0 unspecified atom stereocenters. The molecule has 0 radical (unpaired) electrons. The van der Waals surface area contributed by atoms with Gasteiger partial charge in [-0.2, -0.15) is 5.26 Å². The molecular formula is C12H9BrN4OS. The fourth-order valence-electron chi connectivity index (χ4n) is 1.41. The lowest BCUT2D eigenvalue weighted by Gasteiger charge is -2.05. The molecule has 7 heteroatoms. The molecule has 0 saturated carbocycles. The number of nitrogens with zero attached hydrogens (tertiary/aromatic N) is 2. The van der Waals surface area contributed by atoms with Gasteiger partial charge in [0.25, 0.3) is 5.91 Å². The number of carbonyl (C=O) groups excluding carboxylic acids is 1. The van der Waals surface area contributed by atoms with Crippen LogP contribution in [0.5, 0.6) is 0 Å². The van der Waals surface area contributed by atoms with Gasteiger partial charge in [-0.05, 0) is 18.2 Å². The molecule has 1 aromatic heterocycles. The average molecular weight is 337 g/mol. The minimum atomic E-state index is -0.356. The predicted octanol–water partition coefficient (Wildman–Crippen LogP) is 2.49. The van der Waals surface area contributed by atoms with Crippen LogP contribution in [0.2, 0.25) is 0 Å². The zero-order valence-electron chi connectivity index (χ0n) is 9.68. The largest absolute Gasteiger partial charge is 0.325 e. The first-order valence-corrected chi connectivity index (χ1v) is 6.96. The van der Waals surface area contributed by atoms with Crippen molar-refractivity contribution in [3.05, 3.63) is 44.3 Å². The van der Waals surface area contributed by atoms with E-state index in [-0.39, 0.29) is 5.91 Å². The standard InChI is InChI=1S/C12H9BrN4OS/c13-8-2-1-7(4-14)9(3-8)17-12(18)10-6-19-11(5-15)16-10/h1-3,6H,5,15H2,(H,17,18). The summed E-state index contributed by atoms with van der Waals surface area (Å²) in [7, 11) is 0. The van der Waals surface area contributed by atoms with Crippen LogP contribution in [0.15, 0.2) is 28.1 Å². The van der Waals surface area contributed by atoms with Crippen molar-refractivity contribution in [3.63, 3.8) is 0 Å². The topological polar surface area (TPSA) is 91.8 Å². The summed E-state index contributed by atoms with van der Waals surface area (Å²) < 4.78 is 0.780. The summed E-state index contributed by atoms with van der Waals surface area (Å²) in [6, 6.07) is 7.07. The Bertz CT molecular complexity index is 662. The maximum Gasteiger partial charge on any atom is 0.275 e. The number of aromatic nitrogens is 1. The van der Waals surface area contributed by atoms with Gasteiger partial charge in [-0.25, -0.2) is 4.98 Å². The fourth-order valence-corrected chi connectivity index (χ4v) is 2.43.